The van der Waals surface area contributed by atoms with Gasteiger partial charge < -0.3 is 19.8 Å². The molecule has 0 aromatic heterocycles. The minimum atomic E-state index is -0.581. The molecule has 2 heterocycles. The molecule has 0 aliphatic carbocycles. The molecule has 1 aromatic carbocycles. The molecule has 1 saturated heterocycles. The molecule has 1 aromatic rings. The van der Waals surface area contributed by atoms with Gasteiger partial charge in [-0.1, -0.05) is 23.8 Å². The Balaban J connectivity index is 1.75. The highest BCUT2D eigenvalue weighted by Crippen LogP contribution is 2.28. The Morgan fingerprint density at radius 3 is 3.00 bits per heavy atom. The van der Waals surface area contributed by atoms with Gasteiger partial charge in [-0.25, -0.2) is 0 Å². The van der Waals surface area contributed by atoms with Crippen molar-refractivity contribution in [3.63, 3.8) is 0 Å². The van der Waals surface area contributed by atoms with Crippen molar-refractivity contribution in [3.05, 3.63) is 41.1 Å². The van der Waals surface area contributed by atoms with Crippen molar-refractivity contribution in [2.45, 2.75) is 38.3 Å². The van der Waals surface area contributed by atoms with Gasteiger partial charge in [-0.2, -0.15) is 0 Å². The van der Waals surface area contributed by atoms with E-state index in [1.165, 1.54) is 16.7 Å². The van der Waals surface area contributed by atoms with Crippen molar-refractivity contribution in [1.29, 1.82) is 0 Å². The van der Waals surface area contributed by atoms with Gasteiger partial charge in [-0.05, 0) is 24.1 Å². The highest BCUT2D eigenvalue weighted by atomic mass is 16.5. The molecule has 2 N–H and O–H groups in total. The summed E-state index contributed by atoms with van der Waals surface area (Å²) < 4.78 is 5.68. The van der Waals surface area contributed by atoms with Gasteiger partial charge in [-0.3, -0.25) is 0 Å². The van der Waals surface area contributed by atoms with Crippen molar-refractivity contribution in [2.24, 2.45) is 0 Å². The van der Waals surface area contributed by atoms with Crippen LogP contribution in [0.3, 0.4) is 0 Å². The summed E-state index contributed by atoms with van der Waals surface area (Å²) in [7, 11) is 0. The molecule has 0 saturated carbocycles. The average molecular weight is 261 g/mol. The summed E-state index contributed by atoms with van der Waals surface area (Å²) in [6.45, 7) is 2.73. The van der Waals surface area contributed by atoms with E-state index in [9.17, 15) is 5.11 Å². The SMILES string of the molecule is Cc1ccc2c(c1)C=CN([C@H]1CC(O)[C@@H](CO)O1)C2. The maximum absolute atomic E-state index is 9.79. The first-order valence-corrected chi connectivity index (χ1v) is 6.65. The predicted octanol–water partition coefficient (Wildman–Crippen LogP) is 1.25. The fourth-order valence-corrected chi connectivity index (χ4v) is 2.72. The van der Waals surface area contributed by atoms with Crippen molar-refractivity contribution < 1.29 is 14.9 Å². The Labute approximate surface area is 112 Å². The molecule has 2 aliphatic heterocycles. The molecule has 19 heavy (non-hydrogen) atoms. The van der Waals surface area contributed by atoms with Crippen LogP contribution in [0.1, 0.15) is 23.1 Å². The minimum Gasteiger partial charge on any atom is -0.394 e. The molecule has 2 aliphatic rings. The number of hydrogen-bond donors (Lipinski definition) is 2. The molecule has 1 fully saturated rings. The number of ether oxygens (including phenoxy) is 1. The quantitative estimate of drug-likeness (QED) is 0.841. The lowest BCUT2D eigenvalue weighted by molar-refractivity contribution is -0.0664. The molecule has 4 heteroatoms. The van der Waals surface area contributed by atoms with Crippen molar-refractivity contribution >= 4 is 6.08 Å². The van der Waals surface area contributed by atoms with Crippen molar-refractivity contribution in [1.82, 2.24) is 4.90 Å². The molecular weight excluding hydrogens is 242 g/mol. The molecule has 4 nitrogen and oxygen atoms in total. The van der Waals surface area contributed by atoms with Crippen LogP contribution < -0.4 is 0 Å². The number of aliphatic hydroxyl groups is 2. The predicted molar refractivity (Wildman–Crippen MR) is 72.1 cm³/mol. The number of aliphatic hydroxyl groups excluding tert-OH is 2. The summed E-state index contributed by atoms with van der Waals surface area (Å²) in [5, 5.41) is 18.9. The number of rotatable bonds is 2. The third kappa shape index (κ3) is 2.39. The number of aryl methyl sites for hydroxylation is 1. The summed E-state index contributed by atoms with van der Waals surface area (Å²) in [6.07, 6.45) is 3.43. The second kappa shape index (κ2) is 4.96. The molecule has 3 rings (SSSR count). The second-order valence-corrected chi connectivity index (χ2v) is 5.31. The number of hydrogen-bond acceptors (Lipinski definition) is 4. The van der Waals surface area contributed by atoms with Crippen LogP contribution in [0.5, 0.6) is 0 Å². The van der Waals surface area contributed by atoms with E-state index in [0.29, 0.717) is 6.42 Å². The Morgan fingerprint density at radius 2 is 2.26 bits per heavy atom. The van der Waals surface area contributed by atoms with Gasteiger partial charge in [0.2, 0.25) is 0 Å². The van der Waals surface area contributed by atoms with Gasteiger partial charge in [0.15, 0.2) is 0 Å². The van der Waals surface area contributed by atoms with Crippen LogP contribution in [0.25, 0.3) is 6.08 Å². The van der Waals surface area contributed by atoms with Crippen LogP contribution in [0.2, 0.25) is 0 Å². The van der Waals surface area contributed by atoms with E-state index in [2.05, 4.69) is 36.1 Å². The van der Waals surface area contributed by atoms with Gasteiger partial charge >= 0.3 is 0 Å². The van der Waals surface area contributed by atoms with Gasteiger partial charge in [0.1, 0.15) is 12.3 Å². The first-order valence-electron chi connectivity index (χ1n) is 6.65. The zero-order chi connectivity index (χ0) is 13.4. The Bertz CT molecular complexity index is 500. The van der Waals surface area contributed by atoms with Crippen LogP contribution in [0, 0.1) is 6.92 Å². The lowest BCUT2D eigenvalue weighted by Gasteiger charge is -2.30. The molecule has 0 radical (unpaired) electrons. The van der Waals surface area contributed by atoms with Gasteiger partial charge in [0.25, 0.3) is 0 Å². The largest absolute Gasteiger partial charge is 0.394 e. The maximum atomic E-state index is 9.79. The lowest BCUT2D eigenvalue weighted by atomic mass is 10.0. The van der Waals surface area contributed by atoms with Crippen molar-refractivity contribution in [2.75, 3.05) is 6.61 Å². The zero-order valence-corrected chi connectivity index (χ0v) is 11.0. The first-order chi connectivity index (χ1) is 9.17. The molecule has 0 amide bonds. The topological polar surface area (TPSA) is 52.9 Å². The smallest absolute Gasteiger partial charge is 0.133 e. The van der Waals surface area contributed by atoms with Crippen LogP contribution >= 0.6 is 0 Å². The van der Waals surface area contributed by atoms with E-state index < -0.39 is 12.2 Å². The molecule has 0 spiro atoms. The van der Waals surface area contributed by atoms with Gasteiger partial charge in [0.05, 0.1) is 12.7 Å². The van der Waals surface area contributed by atoms with Crippen LogP contribution in [-0.4, -0.2) is 40.2 Å². The maximum Gasteiger partial charge on any atom is 0.133 e. The average Bonchev–Trinajstić information content (AvgIpc) is 2.79. The highest BCUT2D eigenvalue weighted by Gasteiger charge is 2.36. The highest BCUT2D eigenvalue weighted by molar-refractivity contribution is 5.56. The Hall–Kier alpha value is -1.36. The molecular formula is C15H19NO3. The molecule has 1 unspecified atom stereocenters. The standard InChI is InChI=1S/C15H19NO3/c1-10-2-3-12-8-16(5-4-11(12)6-10)15-7-13(18)14(9-17)19-15/h2-6,13-15,17-18H,7-9H2,1H3/t13?,14-,15-/m1/s1. The van der Waals surface area contributed by atoms with Crippen LogP contribution in [-0.2, 0) is 11.3 Å². The summed E-state index contributed by atoms with van der Waals surface area (Å²) in [5.41, 5.74) is 3.76. The van der Waals surface area contributed by atoms with E-state index in [1.54, 1.807) is 0 Å². The summed E-state index contributed by atoms with van der Waals surface area (Å²) >= 11 is 0. The molecule has 0 bridgehead atoms. The Kier molecular flexibility index (Phi) is 3.31. The lowest BCUT2D eigenvalue weighted by Crippen LogP contribution is -2.32. The first kappa shape index (κ1) is 12.7. The summed E-state index contributed by atoms with van der Waals surface area (Å²) in [5.74, 6) is 0. The van der Waals surface area contributed by atoms with Gasteiger partial charge in [-0.15, -0.1) is 0 Å². The summed E-state index contributed by atoms with van der Waals surface area (Å²) in [4.78, 5) is 2.08. The monoisotopic (exact) mass is 261 g/mol. The fourth-order valence-electron chi connectivity index (χ4n) is 2.72. The van der Waals surface area contributed by atoms with Crippen LogP contribution in [0.4, 0.5) is 0 Å². The third-order valence-corrected chi connectivity index (χ3v) is 3.85. The zero-order valence-electron chi connectivity index (χ0n) is 11.0. The number of fused-ring (bicyclic) bond motifs is 1. The van der Waals surface area contributed by atoms with E-state index in [1.807, 2.05) is 6.20 Å². The minimum absolute atomic E-state index is 0.134. The summed E-state index contributed by atoms with van der Waals surface area (Å²) in [6, 6.07) is 6.41. The number of benzene rings is 1. The van der Waals surface area contributed by atoms with E-state index in [4.69, 9.17) is 9.84 Å². The Morgan fingerprint density at radius 1 is 1.42 bits per heavy atom. The second-order valence-electron chi connectivity index (χ2n) is 5.31. The van der Waals surface area contributed by atoms with E-state index in [-0.39, 0.29) is 12.8 Å². The van der Waals surface area contributed by atoms with E-state index in [0.717, 1.165) is 6.54 Å². The molecule has 102 valence electrons. The number of nitrogens with zero attached hydrogens (tertiary/aromatic N) is 1. The van der Waals surface area contributed by atoms with E-state index >= 15 is 0 Å². The van der Waals surface area contributed by atoms with Gasteiger partial charge in [0, 0.05) is 19.2 Å². The molecule has 3 atom stereocenters. The normalized spacial score (nSPS) is 29.6. The van der Waals surface area contributed by atoms with Crippen molar-refractivity contribution in [3.8, 4) is 0 Å². The third-order valence-electron chi connectivity index (χ3n) is 3.85. The fraction of sp³-hybridized carbons (Fsp3) is 0.467. The van der Waals surface area contributed by atoms with Crippen LogP contribution in [0.15, 0.2) is 24.4 Å².